The number of carbonyl (C=O) groups excluding carboxylic acids is 1. The number of hydrogen-bond acceptors (Lipinski definition) is 4. The van der Waals surface area contributed by atoms with Gasteiger partial charge in [-0.3, -0.25) is 4.79 Å². The summed E-state index contributed by atoms with van der Waals surface area (Å²) in [5.74, 6) is -0.768. The van der Waals surface area contributed by atoms with Crippen LogP contribution < -0.4 is 5.32 Å². The number of amides is 1. The van der Waals surface area contributed by atoms with Crippen molar-refractivity contribution in [3.8, 4) is 0 Å². The summed E-state index contributed by atoms with van der Waals surface area (Å²) >= 11 is 6.22. The van der Waals surface area contributed by atoms with Crippen molar-refractivity contribution in [2.24, 2.45) is 0 Å². The molecule has 138 valence electrons. The number of fused-ring (bicyclic) bond motifs is 1. The van der Waals surface area contributed by atoms with Crippen LogP contribution in [0, 0.1) is 12.7 Å². The van der Waals surface area contributed by atoms with Crippen LogP contribution in [0.1, 0.15) is 41.6 Å². The Labute approximate surface area is 155 Å². The van der Waals surface area contributed by atoms with Gasteiger partial charge in [0.05, 0.1) is 23.2 Å². The third-order valence-electron chi connectivity index (χ3n) is 5.03. The number of nitrogens with one attached hydrogen (secondary N) is 1. The minimum atomic E-state index is -3.11. The maximum absolute atomic E-state index is 14.5. The minimum absolute atomic E-state index is 0.0123. The molecule has 3 heterocycles. The lowest BCUT2D eigenvalue weighted by molar-refractivity contribution is -0.116. The number of nitrogens with zero attached hydrogens (tertiary/aromatic N) is 2. The van der Waals surface area contributed by atoms with Gasteiger partial charge < -0.3 is 5.32 Å². The van der Waals surface area contributed by atoms with Crippen LogP contribution in [0.15, 0.2) is 18.2 Å². The number of carbonyl (C=O) groups is 1. The Morgan fingerprint density at radius 2 is 2.12 bits per heavy atom. The second kappa shape index (κ2) is 6.06. The van der Waals surface area contributed by atoms with Gasteiger partial charge >= 0.3 is 0 Å². The summed E-state index contributed by atoms with van der Waals surface area (Å²) < 4.78 is 39.7. The van der Waals surface area contributed by atoms with E-state index in [9.17, 15) is 17.6 Å². The average Bonchev–Trinajstić information content (AvgIpc) is 3.06. The largest absolute Gasteiger partial charge is 0.311 e. The van der Waals surface area contributed by atoms with E-state index in [1.54, 1.807) is 17.7 Å². The van der Waals surface area contributed by atoms with E-state index < -0.39 is 21.6 Å². The molecule has 1 amide bonds. The highest BCUT2D eigenvalue weighted by molar-refractivity contribution is 7.91. The quantitative estimate of drug-likeness (QED) is 0.844. The molecule has 1 N–H and O–H groups in total. The fourth-order valence-electron chi connectivity index (χ4n) is 3.90. The van der Waals surface area contributed by atoms with Crippen molar-refractivity contribution in [1.82, 2.24) is 9.78 Å². The summed E-state index contributed by atoms with van der Waals surface area (Å²) in [5, 5.41) is 7.53. The van der Waals surface area contributed by atoms with Crippen LogP contribution in [0.4, 0.5) is 10.2 Å². The molecule has 26 heavy (non-hydrogen) atoms. The molecule has 0 unspecified atom stereocenters. The molecule has 6 nitrogen and oxygen atoms in total. The lowest BCUT2D eigenvalue weighted by Gasteiger charge is -2.26. The Bertz CT molecular complexity index is 998. The molecule has 0 spiro atoms. The lowest BCUT2D eigenvalue weighted by atomic mass is 9.85. The summed E-state index contributed by atoms with van der Waals surface area (Å²) in [6.07, 6.45) is 0.500. The summed E-state index contributed by atoms with van der Waals surface area (Å²) in [4.78, 5) is 12.3. The molecule has 0 saturated carbocycles. The summed E-state index contributed by atoms with van der Waals surface area (Å²) in [6.45, 7) is 1.78. The fraction of sp³-hybridized carbons (Fsp3) is 0.412. The molecular weight excluding hydrogens is 381 g/mol. The lowest BCUT2D eigenvalue weighted by Crippen LogP contribution is -2.27. The Morgan fingerprint density at radius 3 is 2.77 bits per heavy atom. The van der Waals surface area contributed by atoms with Gasteiger partial charge in [0.1, 0.15) is 11.6 Å². The molecule has 1 fully saturated rings. The van der Waals surface area contributed by atoms with Crippen LogP contribution in [0.25, 0.3) is 0 Å². The number of aryl methyl sites for hydroxylation is 1. The van der Waals surface area contributed by atoms with Gasteiger partial charge in [0, 0.05) is 28.5 Å². The number of anilines is 1. The third kappa shape index (κ3) is 2.81. The molecule has 4 rings (SSSR count). The maximum Gasteiger partial charge on any atom is 0.226 e. The third-order valence-corrected chi connectivity index (χ3v) is 7.11. The Balaban J connectivity index is 1.86. The van der Waals surface area contributed by atoms with E-state index in [0.29, 0.717) is 23.5 Å². The Kier molecular flexibility index (Phi) is 4.07. The van der Waals surface area contributed by atoms with Crippen LogP contribution >= 0.6 is 11.6 Å². The van der Waals surface area contributed by atoms with Crippen LogP contribution in [-0.4, -0.2) is 35.6 Å². The van der Waals surface area contributed by atoms with Gasteiger partial charge in [0.2, 0.25) is 5.91 Å². The monoisotopic (exact) mass is 397 g/mol. The van der Waals surface area contributed by atoms with Crippen molar-refractivity contribution < 1.29 is 17.6 Å². The summed E-state index contributed by atoms with van der Waals surface area (Å²) in [6, 6.07) is 4.09. The van der Waals surface area contributed by atoms with Crippen molar-refractivity contribution in [2.75, 3.05) is 16.8 Å². The van der Waals surface area contributed by atoms with Gasteiger partial charge in [-0.25, -0.2) is 17.5 Å². The molecule has 9 heteroatoms. The predicted molar refractivity (Wildman–Crippen MR) is 95.8 cm³/mol. The van der Waals surface area contributed by atoms with Crippen LogP contribution in [0.3, 0.4) is 0 Å². The first-order chi connectivity index (χ1) is 12.3. The van der Waals surface area contributed by atoms with E-state index in [1.165, 1.54) is 12.1 Å². The summed E-state index contributed by atoms with van der Waals surface area (Å²) in [7, 11) is -3.11. The molecule has 2 aliphatic rings. The van der Waals surface area contributed by atoms with E-state index in [2.05, 4.69) is 10.4 Å². The van der Waals surface area contributed by atoms with Gasteiger partial charge in [-0.1, -0.05) is 17.7 Å². The first-order valence-corrected chi connectivity index (χ1v) is 10.5. The zero-order valence-electron chi connectivity index (χ0n) is 14.0. The van der Waals surface area contributed by atoms with E-state index >= 15 is 0 Å². The number of halogens is 2. The molecule has 1 aromatic carbocycles. The molecule has 0 aliphatic carbocycles. The highest BCUT2D eigenvalue weighted by Gasteiger charge is 2.38. The Morgan fingerprint density at radius 1 is 1.35 bits per heavy atom. The number of sulfone groups is 1. The van der Waals surface area contributed by atoms with Crippen molar-refractivity contribution in [1.29, 1.82) is 0 Å². The predicted octanol–water partition coefficient (Wildman–Crippen LogP) is 2.82. The van der Waals surface area contributed by atoms with Gasteiger partial charge in [-0.2, -0.15) is 5.10 Å². The molecule has 0 radical (unpaired) electrons. The molecule has 2 atom stereocenters. The maximum atomic E-state index is 14.5. The standard InChI is InChI=1S/C17H17ClFN3O3S/c1-9-15-11(16-12(18)3-2-4-13(16)19)7-14(23)20-17(15)22(21-9)10-5-6-26(24,25)8-10/h2-4,10-11H,5-8H2,1H3,(H,20,23)/t10-,11-/m1/s1. The van der Waals surface area contributed by atoms with E-state index in [-0.39, 0.29) is 40.5 Å². The normalized spacial score (nSPS) is 24.3. The van der Waals surface area contributed by atoms with Crippen molar-refractivity contribution in [2.45, 2.75) is 31.7 Å². The molecule has 2 aliphatic heterocycles. The minimum Gasteiger partial charge on any atom is -0.311 e. The molecule has 2 aromatic rings. The number of rotatable bonds is 2. The van der Waals surface area contributed by atoms with Crippen LogP contribution in [0.2, 0.25) is 5.02 Å². The average molecular weight is 398 g/mol. The van der Waals surface area contributed by atoms with Crippen molar-refractivity contribution in [3.05, 3.63) is 45.9 Å². The van der Waals surface area contributed by atoms with Crippen LogP contribution in [-0.2, 0) is 14.6 Å². The molecule has 0 bridgehead atoms. The number of aromatic nitrogens is 2. The van der Waals surface area contributed by atoms with Crippen LogP contribution in [0.5, 0.6) is 0 Å². The van der Waals surface area contributed by atoms with Gasteiger partial charge in [-0.05, 0) is 25.5 Å². The van der Waals surface area contributed by atoms with E-state index in [0.717, 1.165) is 0 Å². The van der Waals surface area contributed by atoms with Gasteiger partial charge in [0.15, 0.2) is 9.84 Å². The highest BCUT2D eigenvalue weighted by atomic mass is 35.5. The molecular formula is C17H17ClFN3O3S. The molecule has 1 aromatic heterocycles. The van der Waals surface area contributed by atoms with Gasteiger partial charge in [0.25, 0.3) is 0 Å². The smallest absolute Gasteiger partial charge is 0.226 e. The first kappa shape index (κ1) is 17.5. The van der Waals surface area contributed by atoms with E-state index in [1.807, 2.05) is 0 Å². The number of benzene rings is 1. The topological polar surface area (TPSA) is 81.1 Å². The number of hydrogen-bond donors (Lipinski definition) is 1. The highest BCUT2D eigenvalue weighted by Crippen LogP contribution is 2.44. The SMILES string of the molecule is Cc1nn([C@@H]2CCS(=O)(=O)C2)c2c1[C@H](c1c(F)cccc1Cl)CC(=O)N2. The summed E-state index contributed by atoms with van der Waals surface area (Å²) in [5.41, 5.74) is 1.60. The second-order valence-electron chi connectivity index (χ2n) is 6.79. The second-order valence-corrected chi connectivity index (χ2v) is 9.43. The zero-order valence-corrected chi connectivity index (χ0v) is 15.6. The van der Waals surface area contributed by atoms with Crippen molar-refractivity contribution >= 4 is 33.2 Å². The van der Waals surface area contributed by atoms with Crippen molar-refractivity contribution in [3.63, 3.8) is 0 Å². The molecule has 1 saturated heterocycles. The zero-order chi connectivity index (χ0) is 18.6. The Hall–Kier alpha value is -1.93. The van der Waals surface area contributed by atoms with E-state index in [4.69, 9.17) is 11.6 Å². The first-order valence-electron chi connectivity index (χ1n) is 8.30. The fourth-order valence-corrected chi connectivity index (χ4v) is 5.88. The van der Waals surface area contributed by atoms with Gasteiger partial charge in [-0.15, -0.1) is 0 Å².